The van der Waals surface area contributed by atoms with Gasteiger partial charge in [0.1, 0.15) is 0 Å². The van der Waals surface area contributed by atoms with E-state index in [1.54, 1.807) is 0 Å². The molecule has 0 atom stereocenters. The number of para-hydroxylation sites is 3. The molecule has 5 heteroatoms. The molecular formula is C64H39N5. The van der Waals surface area contributed by atoms with Crippen molar-refractivity contribution >= 4 is 43.6 Å². The minimum atomic E-state index is -0.531. The molecule has 0 unspecified atom stereocenters. The van der Waals surface area contributed by atoms with E-state index >= 15 is 0 Å². The molecular weight excluding hydrogens is 839 g/mol. The lowest BCUT2D eigenvalue weighted by atomic mass is 9.69. The molecule has 0 saturated carbocycles. The van der Waals surface area contributed by atoms with Crippen LogP contribution in [0.25, 0.3) is 111 Å². The Morgan fingerprint density at radius 1 is 0.304 bits per heavy atom. The highest BCUT2D eigenvalue weighted by Gasteiger charge is 2.52. The van der Waals surface area contributed by atoms with Crippen LogP contribution in [0.15, 0.2) is 237 Å². The largest absolute Gasteiger partial charge is 0.309 e. The zero-order chi connectivity index (χ0) is 45.2. The van der Waals surface area contributed by atoms with Crippen LogP contribution in [-0.2, 0) is 5.41 Å². The molecule has 320 valence electrons. The van der Waals surface area contributed by atoms with Crippen LogP contribution in [0.4, 0.5) is 0 Å². The molecule has 0 bridgehead atoms. The summed E-state index contributed by atoms with van der Waals surface area (Å²) < 4.78 is 4.62. The third kappa shape index (κ3) is 5.27. The van der Waals surface area contributed by atoms with Crippen molar-refractivity contribution in [3.8, 4) is 67.8 Å². The first-order chi connectivity index (χ1) is 34.2. The summed E-state index contributed by atoms with van der Waals surface area (Å²) in [6.45, 7) is 0. The summed E-state index contributed by atoms with van der Waals surface area (Å²) in [5.74, 6) is 1.76. The molecule has 0 radical (unpaired) electrons. The number of benzene rings is 10. The van der Waals surface area contributed by atoms with E-state index in [-0.39, 0.29) is 0 Å². The molecule has 10 aromatic carbocycles. The molecule has 15 rings (SSSR count). The van der Waals surface area contributed by atoms with Crippen LogP contribution in [0, 0.1) is 0 Å². The van der Waals surface area contributed by atoms with Crippen LogP contribution in [0.5, 0.6) is 0 Å². The summed E-state index contributed by atoms with van der Waals surface area (Å²) in [6, 6.07) is 85.4. The molecule has 0 amide bonds. The molecule has 1 spiro atoms. The quantitative estimate of drug-likeness (QED) is 0.173. The summed E-state index contributed by atoms with van der Waals surface area (Å²) in [5, 5.41) is 4.79. The highest BCUT2D eigenvalue weighted by Crippen LogP contribution is 2.64. The molecule has 13 aromatic rings. The Morgan fingerprint density at radius 3 is 1.42 bits per heavy atom. The van der Waals surface area contributed by atoms with Crippen molar-refractivity contribution in [3.05, 3.63) is 259 Å². The number of rotatable bonds is 5. The third-order valence-corrected chi connectivity index (χ3v) is 14.8. The lowest BCUT2D eigenvalue weighted by Gasteiger charge is -2.31. The topological polar surface area (TPSA) is 48.5 Å². The molecule has 0 saturated heterocycles. The van der Waals surface area contributed by atoms with E-state index in [0.29, 0.717) is 17.6 Å². The van der Waals surface area contributed by atoms with Gasteiger partial charge in [0.25, 0.3) is 0 Å². The van der Waals surface area contributed by atoms with E-state index in [0.717, 1.165) is 55.4 Å². The molecule has 0 N–H and O–H groups in total. The minimum absolute atomic E-state index is 0.531. The summed E-state index contributed by atoms with van der Waals surface area (Å²) in [5.41, 5.74) is 19.3. The lowest BCUT2D eigenvalue weighted by molar-refractivity contribution is 0.801. The first kappa shape index (κ1) is 38.0. The van der Waals surface area contributed by atoms with E-state index < -0.39 is 5.41 Å². The van der Waals surface area contributed by atoms with Gasteiger partial charge in [0, 0.05) is 38.4 Å². The average Bonchev–Trinajstić information content (AvgIpc) is 4.13. The SMILES string of the molecule is c1ccc(-c2ccc(-c3nc(-c4cccc(-n5c6ccccc6c6ccccc65)c4)nc(-n4c5ccccc5c5c6c(ccc54)-c4ccccc4C64c5ccccc5-c5ccccc54)n3)cc2)cc1. The van der Waals surface area contributed by atoms with Gasteiger partial charge in [0.05, 0.1) is 27.5 Å². The fraction of sp³-hybridized carbons (Fsp3) is 0.0156. The van der Waals surface area contributed by atoms with Crippen molar-refractivity contribution < 1.29 is 0 Å². The predicted molar refractivity (Wildman–Crippen MR) is 281 cm³/mol. The second kappa shape index (κ2) is 14.4. The molecule has 2 aliphatic rings. The van der Waals surface area contributed by atoms with Crippen LogP contribution in [-0.4, -0.2) is 24.1 Å². The first-order valence-electron chi connectivity index (χ1n) is 23.6. The van der Waals surface area contributed by atoms with E-state index in [1.807, 2.05) is 0 Å². The van der Waals surface area contributed by atoms with Crippen LogP contribution >= 0.6 is 0 Å². The molecule has 2 aliphatic carbocycles. The van der Waals surface area contributed by atoms with E-state index in [4.69, 9.17) is 15.0 Å². The standard InChI is InChI=1S/C64H39N5/c1-2-17-40(18-3-1)41-33-35-42(36-34-41)61-65-62(43-19-16-20-44(39-43)68-55-30-13-7-24-48(55)49-25-8-14-31-56(49)68)67-63(66-61)69-57-32-15-9-26-51(57)59-58(69)38-37-50-47-23-6-12-29-54(47)64(60(50)59)52-27-10-4-21-45(52)46-22-5-11-28-53(46)64/h1-39H. The van der Waals surface area contributed by atoms with Crippen molar-refractivity contribution in [1.82, 2.24) is 24.1 Å². The Bertz CT molecular complexity index is 4140. The Balaban J connectivity index is 1.000. The number of hydrogen-bond acceptors (Lipinski definition) is 3. The van der Waals surface area contributed by atoms with Crippen molar-refractivity contribution in [2.24, 2.45) is 0 Å². The zero-order valence-corrected chi connectivity index (χ0v) is 37.3. The van der Waals surface area contributed by atoms with Crippen LogP contribution in [0.1, 0.15) is 22.3 Å². The van der Waals surface area contributed by atoms with Gasteiger partial charge in [-0.3, -0.25) is 4.57 Å². The molecule has 3 heterocycles. The van der Waals surface area contributed by atoms with Gasteiger partial charge in [-0.1, -0.05) is 200 Å². The first-order valence-corrected chi connectivity index (χ1v) is 23.6. The normalized spacial score (nSPS) is 13.0. The van der Waals surface area contributed by atoms with Crippen molar-refractivity contribution in [2.75, 3.05) is 0 Å². The molecule has 0 fully saturated rings. The van der Waals surface area contributed by atoms with Crippen molar-refractivity contribution in [2.45, 2.75) is 5.41 Å². The second-order valence-corrected chi connectivity index (χ2v) is 18.3. The maximum Gasteiger partial charge on any atom is 0.238 e. The van der Waals surface area contributed by atoms with Gasteiger partial charge in [-0.25, -0.2) is 4.98 Å². The Kier molecular flexibility index (Phi) is 7.93. The van der Waals surface area contributed by atoms with Crippen LogP contribution < -0.4 is 0 Å². The predicted octanol–water partition coefficient (Wildman–Crippen LogP) is 15.4. The van der Waals surface area contributed by atoms with Gasteiger partial charge >= 0.3 is 0 Å². The smallest absolute Gasteiger partial charge is 0.238 e. The third-order valence-electron chi connectivity index (χ3n) is 14.8. The zero-order valence-electron chi connectivity index (χ0n) is 37.3. The summed E-state index contributed by atoms with van der Waals surface area (Å²) in [4.78, 5) is 16.3. The fourth-order valence-electron chi connectivity index (χ4n) is 12.0. The van der Waals surface area contributed by atoms with Crippen LogP contribution in [0.3, 0.4) is 0 Å². The summed E-state index contributed by atoms with van der Waals surface area (Å²) in [7, 11) is 0. The highest BCUT2D eigenvalue weighted by molar-refractivity contribution is 6.16. The highest BCUT2D eigenvalue weighted by atomic mass is 15.2. The van der Waals surface area contributed by atoms with E-state index in [2.05, 4.69) is 246 Å². The summed E-state index contributed by atoms with van der Waals surface area (Å²) >= 11 is 0. The van der Waals surface area contributed by atoms with Gasteiger partial charge < -0.3 is 4.57 Å². The van der Waals surface area contributed by atoms with Gasteiger partial charge in [0.15, 0.2) is 11.6 Å². The van der Waals surface area contributed by atoms with Gasteiger partial charge in [-0.15, -0.1) is 0 Å². The molecule has 3 aromatic heterocycles. The van der Waals surface area contributed by atoms with Gasteiger partial charge in [-0.2, -0.15) is 9.97 Å². The second-order valence-electron chi connectivity index (χ2n) is 18.3. The summed E-state index contributed by atoms with van der Waals surface area (Å²) in [6.07, 6.45) is 0. The fourth-order valence-corrected chi connectivity index (χ4v) is 12.0. The molecule has 0 aliphatic heterocycles. The number of nitrogens with zero attached hydrogens (tertiary/aromatic N) is 5. The Labute approximate surface area is 397 Å². The molecule has 5 nitrogen and oxygen atoms in total. The Hall–Kier alpha value is -9.19. The minimum Gasteiger partial charge on any atom is -0.309 e. The van der Waals surface area contributed by atoms with Crippen molar-refractivity contribution in [3.63, 3.8) is 0 Å². The average molecular weight is 878 g/mol. The van der Waals surface area contributed by atoms with Crippen molar-refractivity contribution in [1.29, 1.82) is 0 Å². The van der Waals surface area contributed by atoms with E-state index in [9.17, 15) is 0 Å². The maximum absolute atomic E-state index is 5.51. The van der Waals surface area contributed by atoms with E-state index in [1.165, 1.54) is 60.7 Å². The molecule has 69 heavy (non-hydrogen) atoms. The number of aromatic nitrogens is 5. The maximum atomic E-state index is 5.51. The van der Waals surface area contributed by atoms with Gasteiger partial charge in [0.2, 0.25) is 5.95 Å². The Morgan fingerprint density at radius 2 is 0.783 bits per heavy atom. The van der Waals surface area contributed by atoms with Crippen LogP contribution in [0.2, 0.25) is 0 Å². The van der Waals surface area contributed by atoms with Gasteiger partial charge in [-0.05, 0) is 92.0 Å². The monoisotopic (exact) mass is 877 g/mol. The number of hydrogen-bond donors (Lipinski definition) is 0. The number of fused-ring (bicyclic) bond motifs is 17. The lowest BCUT2D eigenvalue weighted by Crippen LogP contribution is -2.26.